The molecule has 0 spiro atoms. The number of rotatable bonds is 5. The zero-order valence-corrected chi connectivity index (χ0v) is 11.3. The molecule has 0 amide bonds. The Bertz CT molecular complexity index is 399. The Morgan fingerprint density at radius 2 is 2.12 bits per heavy atom. The second-order valence-corrected chi connectivity index (χ2v) is 5.72. The average molecular weight is 297 g/mol. The van der Waals surface area contributed by atoms with Gasteiger partial charge in [-0.3, -0.25) is 4.79 Å². The average Bonchev–Trinajstić information content (AvgIpc) is 2.23. The lowest BCUT2D eigenvalue weighted by molar-refractivity contribution is -0.142. The Balaban J connectivity index is 2.01. The van der Waals surface area contributed by atoms with Crippen LogP contribution in [0.25, 0.3) is 0 Å². The molecule has 2 rings (SSSR count). The largest absolute Gasteiger partial charge is 0.481 e. The molecule has 0 heterocycles. The van der Waals surface area contributed by atoms with Crippen molar-refractivity contribution in [3.63, 3.8) is 0 Å². The lowest BCUT2D eigenvalue weighted by Crippen LogP contribution is -2.23. The third kappa shape index (κ3) is 3.32. The first-order valence-electron chi connectivity index (χ1n) is 6.13. The highest BCUT2D eigenvalue weighted by Gasteiger charge is 2.26. The van der Waals surface area contributed by atoms with Gasteiger partial charge in [0, 0.05) is 4.47 Å². The fourth-order valence-corrected chi connectivity index (χ4v) is 2.78. The van der Waals surface area contributed by atoms with E-state index in [1.54, 1.807) is 0 Å². The number of carboxylic acids is 1. The summed E-state index contributed by atoms with van der Waals surface area (Å²) in [6.45, 7) is 0. The molecule has 1 fully saturated rings. The predicted octanol–water partition coefficient (Wildman–Crippen LogP) is 3.88. The maximum absolute atomic E-state index is 11.3. The molecule has 0 radical (unpaired) electrons. The topological polar surface area (TPSA) is 37.3 Å². The van der Waals surface area contributed by atoms with Crippen molar-refractivity contribution in [2.75, 3.05) is 0 Å². The SMILES string of the molecule is O=C(O)C(Cc1ccccc1Br)CC1CCC1. The lowest BCUT2D eigenvalue weighted by Gasteiger charge is -2.28. The van der Waals surface area contributed by atoms with Gasteiger partial charge in [0.1, 0.15) is 0 Å². The van der Waals surface area contributed by atoms with Gasteiger partial charge in [0.15, 0.2) is 0 Å². The van der Waals surface area contributed by atoms with Crippen LogP contribution in [0.5, 0.6) is 0 Å². The molecule has 1 atom stereocenters. The maximum Gasteiger partial charge on any atom is 0.306 e. The normalized spacial score (nSPS) is 17.5. The molecule has 1 unspecified atom stereocenters. The standard InChI is InChI=1S/C14H17BrO2/c15-13-7-2-1-6-11(13)9-12(14(16)17)8-10-4-3-5-10/h1-2,6-7,10,12H,3-5,8-9H2,(H,16,17). The van der Waals surface area contributed by atoms with Gasteiger partial charge in [-0.25, -0.2) is 0 Å². The van der Waals surface area contributed by atoms with Crippen LogP contribution in [0, 0.1) is 11.8 Å². The fourth-order valence-electron chi connectivity index (χ4n) is 2.33. The smallest absolute Gasteiger partial charge is 0.306 e. The number of halogens is 1. The molecule has 92 valence electrons. The molecule has 1 aromatic carbocycles. The molecular formula is C14H17BrO2. The van der Waals surface area contributed by atoms with E-state index in [0.29, 0.717) is 12.3 Å². The first-order valence-corrected chi connectivity index (χ1v) is 6.92. The molecule has 0 aromatic heterocycles. The highest BCUT2D eigenvalue weighted by Crippen LogP contribution is 2.34. The number of carboxylic acid groups (broad SMARTS) is 1. The van der Waals surface area contributed by atoms with Gasteiger partial charge in [0.25, 0.3) is 0 Å². The molecule has 1 aromatic rings. The first kappa shape index (κ1) is 12.6. The van der Waals surface area contributed by atoms with Gasteiger partial charge >= 0.3 is 5.97 Å². The fraction of sp³-hybridized carbons (Fsp3) is 0.500. The van der Waals surface area contributed by atoms with Crippen molar-refractivity contribution in [2.24, 2.45) is 11.8 Å². The summed E-state index contributed by atoms with van der Waals surface area (Å²) in [6.07, 6.45) is 5.15. The minimum Gasteiger partial charge on any atom is -0.481 e. The number of hydrogen-bond donors (Lipinski definition) is 1. The third-order valence-electron chi connectivity index (χ3n) is 3.62. The van der Waals surface area contributed by atoms with Gasteiger partial charge in [-0.2, -0.15) is 0 Å². The zero-order valence-electron chi connectivity index (χ0n) is 9.73. The zero-order chi connectivity index (χ0) is 12.3. The summed E-state index contributed by atoms with van der Waals surface area (Å²) in [5, 5.41) is 9.28. The highest BCUT2D eigenvalue weighted by molar-refractivity contribution is 9.10. The van der Waals surface area contributed by atoms with Crippen LogP contribution < -0.4 is 0 Å². The molecule has 1 aliphatic rings. The van der Waals surface area contributed by atoms with Crippen molar-refractivity contribution < 1.29 is 9.90 Å². The van der Waals surface area contributed by atoms with Crippen molar-refractivity contribution >= 4 is 21.9 Å². The molecule has 1 saturated carbocycles. The number of hydrogen-bond acceptors (Lipinski definition) is 1. The third-order valence-corrected chi connectivity index (χ3v) is 4.39. The summed E-state index contributed by atoms with van der Waals surface area (Å²) < 4.78 is 1.01. The van der Waals surface area contributed by atoms with E-state index in [-0.39, 0.29) is 5.92 Å². The number of benzene rings is 1. The summed E-state index contributed by atoms with van der Waals surface area (Å²) in [5.41, 5.74) is 1.10. The summed E-state index contributed by atoms with van der Waals surface area (Å²) in [7, 11) is 0. The molecule has 1 aliphatic carbocycles. The van der Waals surface area contributed by atoms with Gasteiger partial charge in [0.05, 0.1) is 5.92 Å². The Hall–Kier alpha value is -0.830. The van der Waals surface area contributed by atoms with Gasteiger partial charge < -0.3 is 5.11 Å². The van der Waals surface area contributed by atoms with Gasteiger partial charge in [0.2, 0.25) is 0 Å². The van der Waals surface area contributed by atoms with E-state index < -0.39 is 5.97 Å². The quantitative estimate of drug-likeness (QED) is 0.895. The van der Waals surface area contributed by atoms with Crippen LogP contribution in [-0.2, 0) is 11.2 Å². The predicted molar refractivity (Wildman–Crippen MR) is 70.9 cm³/mol. The summed E-state index contributed by atoms with van der Waals surface area (Å²) in [4.78, 5) is 11.3. The second kappa shape index (κ2) is 5.67. The summed E-state index contributed by atoms with van der Waals surface area (Å²) >= 11 is 3.48. The molecule has 0 saturated heterocycles. The molecular weight excluding hydrogens is 280 g/mol. The Kier molecular flexibility index (Phi) is 4.21. The van der Waals surface area contributed by atoms with Crippen molar-refractivity contribution in [3.05, 3.63) is 34.3 Å². The van der Waals surface area contributed by atoms with Crippen LogP contribution >= 0.6 is 15.9 Å². The Morgan fingerprint density at radius 3 is 2.65 bits per heavy atom. The highest BCUT2D eigenvalue weighted by atomic mass is 79.9. The van der Waals surface area contributed by atoms with E-state index in [0.717, 1.165) is 16.5 Å². The van der Waals surface area contributed by atoms with Gasteiger partial charge in [-0.1, -0.05) is 53.4 Å². The molecule has 3 heteroatoms. The summed E-state index contributed by atoms with van der Waals surface area (Å²) in [6, 6.07) is 7.88. The van der Waals surface area contributed by atoms with Crippen molar-refractivity contribution in [1.29, 1.82) is 0 Å². The van der Waals surface area contributed by atoms with Crippen molar-refractivity contribution in [1.82, 2.24) is 0 Å². The molecule has 2 nitrogen and oxygen atoms in total. The monoisotopic (exact) mass is 296 g/mol. The van der Waals surface area contributed by atoms with Crippen molar-refractivity contribution in [2.45, 2.75) is 32.1 Å². The molecule has 0 aliphatic heterocycles. The second-order valence-electron chi connectivity index (χ2n) is 4.86. The maximum atomic E-state index is 11.3. The van der Waals surface area contributed by atoms with E-state index in [4.69, 9.17) is 0 Å². The van der Waals surface area contributed by atoms with Crippen LogP contribution in [0.15, 0.2) is 28.7 Å². The van der Waals surface area contributed by atoms with Crippen LogP contribution in [0.1, 0.15) is 31.2 Å². The van der Waals surface area contributed by atoms with Gasteiger partial charge in [-0.15, -0.1) is 0 Å². The molecule has 0 bridgehead atoms. The minimum atomic E-state index is -0.660. The van der Waals surface area contributed by atoms with Crippen LogP contribution in [0.4, 0.5) is 0 Å². The van der Waals surface area contributed by atoms with Crippen molar-refractivity contribution in [3.8, 4) is 0 Å². The molecule has 1 N–H and O–H groups in total. The Morgan fingerprint density at radius 1 is 1.41 bits per heavy atom. The number of carbonyl (C=O) groups is 1. The first-order chi connectivity index (χ1) is 8.16. The van der Waals surface area contributed by atoms with E-state index >= 15 is 0 Å². The molecule has 17 heavy (non-hydrogen) atoms. The van der Waals surface area contributed by atoms with Gasteiger partial charge in [-0.05, 0) is 30.4 Å². The van der Waals surface area contributed by atoms with Crippen LogP contribution in [0.2, 0.25) is 0 Å². The van der Waals surface area contributed by atoms with Crippen LogP contribution in [-0.4, -0.2) is 11.1 Å². The van der Waals surface area contributed by atoms with E-state index in [1.165, 1.54) is 19.3 Å². The summed E-state index contributed by atoms with van der Waals surface area (Å²) in [5.74, 6) is -0.259. The number of aliphatic carboxylic acids is 1. The van der Waals surface area contributed by atoms with E-state index in [9.17, 15) is 9.90 Å². The minimum absolute atomic E-state index is 0.237. The van der Waals surface area contributed by atoms with E-state index in [2.05, 4.69) is 15.9 Å². The van der Waals surface area contributed by atoms with Crippen LogP contribution in [0.3, 0.4) is 0 Å². The lowest BCUT2D eigenvalue weighted by atomic mass is 9.77. The Labute approximate surface area is 110 Å². The van der Waals surface area contributed by atoms with E-state index in [1.807, 2.05) is 24.3 Å².